The van der Waals surface area contributed by atoms with Crippen LogP contribution in [-0.2, 0) is 0 Å². The van der Waals surface area contributed by atoms with Gasteiger partial charge in [-0.3, -0.25) is 20.2 Å². The van der Waals surface area contributed by atoms with Crippen molar-refractivity contribution in [3.8, 4) is 10.4 Å². The van der Waals surface area contributed by atoms with Gasteiger partial charge in [-0.25, -0.2) is 0 Å². The summed E-state index contributed by atoms with van der Waals surface area (Å²) in [7, 11) is 0. The molecular formula is C11H6N4O4S2. The van der Waals surface area contributed by atoms with Gasteiger partial charge in [-0.15, -0.1) is 11.3 Å². The summed E-state index contributed by atoms with van der Waals surface area (Å²) in [6, 6.07) is 4.60. The van der Waals surface area contributed by atoms with Crippen LogP contribution in [0.3, 0.4) is 0 Å². The minimum Gasteiger partial charge on any atom is -0.258 e. The quantitative estimate of drug-likeness (QED) is 0.538. The highest BCUT2D eigenvalue weighted by molar-refractivity contribution is 7.15. The highest BCUT2D eigenvalue weighted by Gasteiger charge is 2.33. The Morgan fingerprint density at radius 2 is 1.90 bits per heavy atom. The first-order chi connectivity index (χ1) is 9.99. The lowest BCUT2D eigenvalue weighted by Crippen LogP contribution is -1.99. The van der Waals surface area contributed by atoms with Gasteiger partial charge in [0, 0.05) is 9.75 Å². The number of fused-ring (bicyclic) bond motifs is 1. The maximum absolute atomic E-state index is 11.4. The molecule has 106 valence electrons. The number of nitro groups is 2. The summed E-state index contributed by atoms with van der Waals surface area (Å²) in [5, 5.41) is 22.5. The van der Waals surface area contributed by atoms with Crippen LogP contribution < -0.4 is 0 Å². The molecule has 0 aliphatic heterocycles. The van der Waals surface area contributed by atoms with E-state index >= 15 is 0 Å². The van der Waals surface area contributed by atoms with Crippen LogP contribution in [0, 0.1) is 27.2 Å². The fourth-order valence-electron chi connectivity index (χ4n) is 2.03. The minimum absolute atomic E-state index is 0.163. The molecule has 0 bridgehead atoms. The molecule has 0 aliphatic rings. The van der Waals surface area contributed by atoms with Crippen molar-refractivity contribution in [2.45, 2.75) is 6.92 Å². The Bertz CT molecular complexity index is 886. The van der Waals surface area contributed by atoms with Crippen molar-refractivity contribution < 1.29 is 9.85 Å². The number of aryl methyl sites for hydroxylation is 1. The van der Waals surface area contributed by atoms with Crippen LogP contribution >= 0.6 is 23.1 Å². The summed E-state index contributed by atoms with van der Waals surface area (Å²) in [4.78, 5) is 22.5. The Hall–Kier alpha value is -2.46. The number of thiophene rings is 1. The van der Waals surface area contributed by atoms with Gasteiger partial charge in [-0.1, -0.05) is 0 Å². The highest BCUT2D eigenvalue weighted by Crippen LogP contribution is 2.44. The van der Waals surface area contributed by atoms with Crippen molar-refractivity contribution >= 4 is 45.5 Å². The Labute approximate surface area is 125 Å². The molecule has 0 atom stereocenters. The Kier molecular flexibility index (Phi) is 3.11. The third-order valence-corrected chi connectivity index (χ3v) is 4.43. The first-order valence-electron chi connectivity index (χ1n) is 5.64. The van der Waals surface area contributed by atoms with Gasteiger partial charge in [-0.05, 0) is 19.1 Å². The summed E-state index contributed by atoms with van der Waals surface area (Å²) in [5.41, 5.74) is -0.336. The molecule has 0 unspecified atom stereocenters. The van der Waals surface area contributed by atoms with Gasteiger partial charge in [0.15, 0.2) is 0 Å². The first-order valence-corrected chi connectivity index (χ1v) is 7.18. The maximum Gasteiger partial charge on any atom is 0.356 e. The molecule has 0 amide bonds. The number of nitrogens with zero attached hydrogens (tertiary/aromatic N) is 4. The Morgan fingerprint density at radius 1 is 1.14 bits per heavy atom. The number of nitro benzene ring substituents is 2. The van der Waals surface area contributed by atoms with Crippen LogP contribution in [0.25, 0.3) is 21.5 Å². The molecule has 21 heavy (non-hydrogen) atoms. The fourth-order valence-corrected chi connectivity index (χ4v) is 3.48. The number of benzene rings is 1. The number of hydrogen-bond acceptors (Lipinski definition) is 8. The van der Waals surface area contributed by atoms with Gasteiger partial charge in [0.25, 0.3) is 0 Å². The molecule has 0 fully saturated rings. The zero-order valence-electron chi connectivity index (χ0n) is 10.5. The monoisotopic (exact) mass is 322 g/mol. The van der Waals surface area contributed by atoms with E-state index in [-0.39, 0.29) is 5.56 Å². The maximum atomic E-state index is 11.4. The average molecular weight is 322 g/mol. The molecule has 0 aliphatic carbocycles. The molecule has 0 saturated heterocycles. The van der Waals surface area contributed by atoms with E-state index in [4.69, 9.17) is 0 Å². The van der Waals surface area contributed by atoms with E-state index in [0.717, 1.165) is 22.7 Å². The second kappa shape index (κ2) is 4.82. The lowest BCUT2D eigenvalue weighted by Gasteiger charge is -2.02. The SMILES string of the molecule is Cc1ccc(-c2c([N+](=O)[O-])c([N+](=O)[O-])cc3nsnc23)s1. The van der Waals surface area contributed by atoms with Crippen molar-refractivity contribution in [3.05, 3.63) is 43.3 Å². The normalized spacial score (nSPS) is 10.9. The van der Waals surface area contributed by atoms with Crippen molar-refractivity contribution in [2.24, 2.45) is 0 Å². The largest absolute Gasteiger partial charge is 0.356 e. The minimum atomic E-state index is -0.763. The lowest BCUT2D eigenvalue weighted by atomic mass is 10.1. The van der Waals surface area contributed by atoms with Crippen LogP contribution in [0.2, 0.25) is 0 Å². The molecule has 2 heterocycles. The van der Waals surface area contributed by atoms with E-state index in [1.54, 1.807) is 12.1 Å². The third-order valence-electron chi connectivity index (χ3n) is 2.87. The molecule has 0 saturated carbocycles. The molecule has 3 rings (SSSR count). The van der Waals surface area contributed by atoms with Crippen LogP contribution in [0.15, 0.2) is 18.2 Å². The summed E-state index contributed by atoms with van der Waals surface area (Å²) >= 11 is 2.19. The van der Waals surface area contributed by atoms with E-state index in [1.807, 2.05) is 6.92 Å². The third kappa shape index (κ3) is 2.14. The topological polar surface area (TPSA) is 112 Å². The van der Waals surface area contributed by atoms with E-state index < -0.39 is 21.2 Å². The van der Waals surface area contributed by atoms with Crippen LogP contribution in [0.5, 0.6) is 0 Å². The molecule has 8 nitrogen and oxygen atoms in total. The van der Waals surface area contributed by atoms with Crippen LogP contribution in [0.1, 0.15) is 4.88 Å². The summed E-state index contributed by atoms with van der Waals surface area (Å²) < 4.78 is 8.02. The highest BCUT2D eigenvalue weighted by atomic mass is 32.1. The number of hydrogen-bond donors (Lipinski definition) is 0. The van der Waals surface area contributed by atoms with Gasteiger partial charge < -0.3 is 0 Å². The zero-order valence-corrected chi connectivity index (χ0v) is 12.1. The van der Waals surface area contributed by atoms with Gasteiger partial charge in [-0.2, -0.15) is 8.75 Å². The molecular weight excluding hydrogens is 316 g/mol. The second-order valence-corrected chi connectivity index (χ2v) is 5.99. The van der Waals surface area contributed by atoms with Gasteiger partial charge in [0.05, 0.1) is 27.6 Å². The lowest BCUT2D eigenvalue weighted by molar-refractivity contribution is -0.421. The standard InChI is InChI=1S/C11H6N4O4S2/c1-5-2-3-8(20-5)9-10-6(12-21-13-10)4-7(14(16)17)11(9)15(18)19/h2-4H,1H3. The smallest absolute Gasteiger partial charge is 0.258 e. The predicted octanol–water partition coefficient (Wildman–Crippen LogP) is 3.54. The number of rotatable bonds is 3. The summed E-state index contributed by atoms with van der Waals surface area (Å²) in [6.45, 7) is 1.86. The van der Waals surface area contributed by atoms with E-state index in [0.29, 0.717) is 15.9 Å². The van der Waals surface area contributed by atoms with Gasteiger partial charge in [0.2, 0.25) is 0 Å². The Morgan fingerprint density at radius 3 is 2.48 bits per heavy atom. The molecule has 0 N–H and O–H groups in total. The van der Waals surface area contributed by atoms with Gasteiger partial charge in [0.1, 0.15) is 16.6 Å². The second-order valence-electron chi connectivity index (χ2n) is 4.18. The molecule has 0 spiro atoms. The van der Waals surface area contributed by atoms with Crippen LogP contribution in [0.4, 0.5) is 11.4 Å². The molecule has 1 aromatic carbocycles. The zero-order chi connectivity index (χ0) is 15.1. The molecule has 10 heteroatoms. The molecule has 2 aromatic heterocycles. The predicted molar refractivity (Wildman–Crippen MR) is 78.8 cm³/mol. The van der Waals surface area contributed by atoms with Crippen molar-refractivity contribution in [1.82, 2.24) is 8.75 Å². The average Bonchev–Trinajstić information content (AvgIpc) is 3.04. The first kappa shape index (κ1) is 13.5. The fraction of sp³-hybridized carbons (Fsp3) is 0.0909. The van der Waals surface area contributed by atoms with Crippen LogP contribution in [-0.4, -0.2) is 18.6 Å². The Balaban J connectivity index is 2.49. The van der Waals surface area contributed by atoms with Crippen molar-refractivity contribution in [2.75, 3.05) is 0 Å². The van der Waals surface area contributed by atoms with Crippen molar-refractivity contribution in [3.63, 3.8) is 0 Å². The van der Waals surface area contributed by atoms with E-state index in [2.05, 4.69) is 8.75 Å². The van der Waals surface area contributed by atoms with E-state index in [9.17, 15) is 20.2 Å². The van der Waals surface area contributed by atoms with E-state index in [1.165, 1.54) is 11.3 Å². The number of aromatic nitrogens is 2. The summed E-state index contributed by atoms with van der Waals surface area (Å²) in [5.74, 6) is 0. The molecule has 0 radical (unpaired) electrons. The molecule has 3 aromatic rings. The summed E-state index contributed by atoms with van der Waals surface area (Å²) in [6.07, 6.45) is 0. The van der Waals surface area contributed by atoms with Crippen molar-refractivity contribution in [1.29, 1.82) is 0 Å². The van der Waals surface area contributed by atoms with Gasteiger partial charge >= 0.3 is 11.4 Å².